The van der Waals surface area contributed by atoms with Crippen molar-refractivity contribution in [2.45, 2.75) is 6.10 Å². The quantitative estimate of drug-likeness (QED) is 0.588. The zero-order chi connectivity index (χ0) is 20.1. The fraction of sp³-hybridized carbons (Fsp3) is 0.100. The lowest BCUT2D eigenvalue weighted by molar-refractivity contribution is -0.136. The lowest BCUT2D eigenvalue weighted by Gasteiger charge is -2.13. The normalized spacial score (nSPS) is 11.7. The van der Waals surface area contributed by atoms with Gasteiger partial charge in [-0.05, 0) is 29.8 Å². The minimum absolute atomic E-state index is 0.0619. The minimum atomic E-state index is -1.15. The number of amides is 2. The number of aliphatic hydroxyl groups excluding tert-OH is 1. The summed E-state index contributed by atoms with van der Waals surface area (Å²) >= 11 is 0. The summed E-state index contributed by atoms with van der Waals surface area (Å²) in [5.74, 6) is -3.61. The van der Waals surface area contributed by atoms with Gasteiger partial charge in [-0.1, -0.05) is 24.3 Å². The number of carbonyl (C=O) groups is 2. The summed E-state index contributed by atoms with van der Waals surface area (Å²) in [5, 5.41) is 14.6. The van der Waals surface area contributed by atoms with E-state index in [2.05, 4.69) is 10.6 Å². The van der Waals surface area contributed by atoms with E-state index >= 15 is 0 Å². The number of carbonyl (C=O) groups excluding carboxylic acids is 2. The standard InChI is InChI=1S/C20H16F2N2O4/c21-15-8-7-14(10-16(15)22)24-20(27)19(26)23-11-17(25)12-3-5-13(6-4-12)18-2-1-9-28-18/h1-10,17,25H,11H2,(H,23,26)(H,24,27)/t17-/m1/s1. The maximum absolute atomic E-state index is 13.1. The van der Waals surface area contributed by atoms with Crippen LogP contribution in [0.2, 0.25) is 0 Å². The molecule has 0 fully saturated rings. The van der Waals surface area contributed by atoms with Gasteiger partial charge in [0.2, 0.25) is 0 Å². The molecule has 0 saturated carbocycles. The minimum Gasteiger partial charge on any atom is -0.464 e. The smallest absolute Gasteiger partial charge is 0.313 e. The molecule has 1 heterocycles. The van der Waals surface area contributed by atoms with Crippen LogP contribution in [0.3, 0.4) is 0 Å². The monoisotopic (exact) mass is 386 g/mol. The van der Waals surface area contributed by atoms with Crippen molar-refractivity contribution >= 4 is 17.5 Å². The summed E-state index contributed by atoms with van der Waals surface area (Å²) in [4.78, 5) is 23.6. The third kappa shape index (κ3) is 4.60. The lowest BCUT2D eigenvalue weighted by Crippen LogP contribution is -2.37. The first-order valence-corrected chi connectivity index (χ1v) is 8.30. The van der Waals surface area contributed by atoms with Crippen molar-refractivity contribution in [1.29, 1.82) is 0 Å². The summed E-state index contributed by atoms with van der Waals surface area (Å²) in [6.45, 7) is -0.204. The fourth-order valence-corrected chi connectivity index (χ4v) is 2.46. The highest BCUT2D eigenvalue weighted by Gasteiger charge is 2.17. The average Bonchev–Trinajstić information content (AvgIpc) is 3.23. The van der Waals surface area contributed by atoms with Crippen molar-refractivity contribution in [1.82, 2.24) is 5.32 Å². The van der Waals surface area contributed by atoms with E-state index in [0.717, 1.165) is 23.8 Å². The van der Waals surface area contributed by atoms with Gasteiger partial charge in [-0.3, -0.25) is 9.59 Å². The van der Waals surface area contributed by atoms with Crippen molar-refractivity contribution in [2.24, 2.45) is 0 Å². The number of hydrogen-bond donors (Lipinski definition) is 3. The first-order valence-electron chi connectivity index (χ1n) is 8.30. The summed E-state index contributed by atoms with van der Waals surface area (Å²) in [5.41, 5.74) is 1.31. The van der Waals surface area contributed by atoms with Crippen molar-refractivity contribution in [3.05, 3.63) is 78.1 Å². The molecule has 3 N–H and O–H groups in total. The molecule has 0 aliphatic carbocycles. The number of anilines is 1. The van der Waals surface area contributed by atoms with Gasteiger partial charge in [-0.2, -0.15) is 0 Å². The Morgan fingerprint density at radius 2 is 1.75 bits per heavy atom. The zero-order valence-electron chi connectivity index (χ0n) is 14.5. The third-order valence-corrected chi connectivity index (χ3v) is 3.94. The van der Waals surface area contributed by atoms with Crippen LogP contribution >= 0.6 is 0 Å². The fourth-order valence-electron chi connectivity index (χ4n) is 2.46. The summed E-state index contributed by atoms with van der Waals surface area (Å²) < 4.78 is 31.3. The Bertz CT molecular complexity index is 972. The van der Waals surface area contributed by atoms with Gasteiger partial charge in [-0.25, -0.2) is 8.78 Å². The lowest BCUT2D eigenvalue weighted by atomic mass is 10.1. The molecule has 3 aromatic rings. The van der Waals surface area contributed by atoms with Gasteiger partial charge in [-0.15, -0.1) is 0 Å². The summed E-state index contributed by atoms with van der Waals surface area (Å²) in [6.07, 6.45) is 0.518. The number of nitrogens with one attached hydrogen (secondary N) is 2. The van der Waals surface area contributed by atoms with E-state index in [1.807, 2.05) is 0 Å². The predicted octanol–water partition coefficient (Wildman–Crippen LogP) is 3.01. The number of rotatable bonds is 5. The molecule has 3 rings (SSSR count). The Morgan fingerprint density at radius 1 is 1.00 bits per heavy atom. The van der Waals surface area contributed by atoms with E-state index in [-0.39, 0.29) is 12.2 Å². The molecule has 28 heavy (non-hydrogen) atoms. The molecule has 8 heteroatoms. The molecule has 0 aliphatic heterocycles. The molecule has 1 atom stereocenters. The molecule has 0 spiro atoms. The van der Waals surface area contributed by atoms with Crippen LogP contribution in [0, 0.1) is 11.6 Å². The van der Waals surface area contributed by atoms with E-state index < -0.39 is 29.6 Å². The van der Waals surface area contributed by atoms with Gasteiger partial charge in [0.15, 0.2) is 11.6 Å². The van der Waals surface area contributed by atoms with Gasteiger partial charge < -0.3 is 20.2 Å². The van der Waals surface area contributed by atoms with E-state index in [1.165, 1.54) is 0 Å². The highest BCUT2D eigenvalue weighted by molar-refractivity contribution is 6.39. The maximum atomic E-state index is 13.1. The molecular formula is C20H16F2N2O4. The first-order chi connectivity index (χ1) is 13.4. The Balaban J connectivity index is 1.53. The van der Waals surface area contributed by atoms with Crippen LogP contribution in [0.25, 0.3) is 11.3 Å². The number of halogens is 2. The second-order valence-electron chi connectivity index (χ2n) is 5.91. The van der Waals surface area contributed by atoms with E-state index in [4.69, 9.17) is 4.42 Å². The topological polar surface area (TPSA) is 91.6 Å². The van der Waals surface area contributed by atoms with Gasteiger partial charge in [0, 0.05) is 23.9 Å². The predicted molar refractivity (Wildman–Crippen MR) is 97.1 cm³/mol. The molecule has 2 aromatic carbocycles. The SMILES string of the molecule is O=C(NC[C@@H](O)c1ccc(-c2ccco2)cc1)C(=O)Nc1ccc(F)c(F)c1. The van der Waals surface area contributed by atoms with Crippen LogP contribution in [-0.4, -0.2) is 23.5 Å². The van der Waals surface area contributed by atoms with Crippen molar-refractivity contribution in [3.63, 3.8) is 0 Å². The van der Waals surface area contributed by atoms with Crippen LogP contribution in [0.15, 0.2) is 65.3 Å². The first kappa shape index (κ1) is 19.2. The summed E-state index contributed by atoms with van der Waals surface area (Å²) in [7, 11) is 0. The van der Waals surface area contributed by atoms with Crippen molar-refractivity contribution < 1.29 is 27.9 Å². The highest BCUT2D eigenvalue weighted by Crippen LogP contribution is 2.22. The number of aliphatic hydroxyl groups is 1. The number of benzene rings is 2. The van der Waals surface area contributed by atoms with E-state index in [9.17, 15) is 23.5 Å². The molecule has 0 aliphatic rings. The number of hydrogen-bond acceptors (Lipinski definition) is 4. The molecule has 0 bridgehead atoms. The molecule has 6 nitrogen and oxygen atoms in total. The van der Waals surface area contributed by atoms with E-state index in [1.54, 1.807) is 42.7 Å². The third-order valence-electron chi connectivity index (χ3n) is 3.94. The molecular weight excluding hydrogens is 370 g/mol. The van der Waals surface area contributed by atoms with Crippen LogP contribution in [0.4, 0.5) is 14.5 Å². The van der Waals surface area contributed by atoms with Gasteiger partial charge in [0.05, 0.1) is 12.4 Å². The molecule has 0 radical (unpaired) electrons. The highest BCUT2D eigenvalue weighted by atomic mass is 19.2. The van der Waals surface area contributed by atoms with Crippen LogP contribution in [-0.2, 0) is 9.59 Å². The van der Waals surface area contributed by atoms with Crippen LogP contribution in [0.5, 0.6) is 0 Å². The molecule has 2 amide bonds. The molecule has 144 valence electrons. The van der Waals surface area contributed by atoms with Gasteiger partial charge in [0.25, 0.3) is 0 Å². The second-order valence-corrected chi connectivity index (χ2v) is 5.91. The van der Waals surface area contributed by atoms with Gasteiger partial charge >= 0.3 is 11.8 Å². The maximum Gasteiger partial charge on any atom is 0.313 e. The van der Waals surface area contributed by atoms with E-state index in [0.29, 0.717) is 11.3 Å². The molecule has 0 unspecified atom stereocenters. The Hall–Kier alpha value is -3.52. The Labute approximate surface area is 158 Å². The molecule has 0 saturated heterocycles. The number of furan rings is 1. The second kappa shape index (κ2) is 8.45. The Kier molecular flexibility index (Phi) is 5.81. The van der Waals surface area contributed by atoms with Gasteiger partial charge in [0.1, 0.15) is 5.76 Å². The largest absolute Gasteiger partial charge is 0.464 e. The van der Waals surface area contributed by atoms with Crippen LogP contribution < -0.4 is 10.6 Å². The average molecular weight is 386 g/mol. The van der Waals surface area contributed by atoms with Crippen molar-refractivity contribution in [3.8, 4) is 11.3 Å². The van der Waals surface area contributed by atoms with Crippen LogP contribution in [0.1, 0.15) is 11.7 Å². The summed E-state index contributed by atoms with van der Waals surface area (Å²) in [6, 6.07) is 13.2. The molecule has 1 aromatic heterocycles. The Morgan fingerprint density at radius 3 is 2.39 bits per heavy atom. The van der Waals surface area contributed by atoms with Crippen molar-refractivity contribution in [2.75, 3.05) is 11.9 Å². The zero-order valence-corrected chi connectivity index (χ0v) is 14.5.